The van der Waals surface area contributed by atoms with E-state index in [1.54, 1.807) is 0 Å². The summed E-state index contributed by atoms with van der Waals surface area (Å²) in [6.07, 6.45) is 0.168. The third-order valence-corrected chi connectivity index (χ3v) is 2.25. The largest absolute Gasteiger partial charge is 0.486 e. The van der Waals surface area contributed by atoms with Crippen LogP contribution in [0.15, 0.2) is 0 Å². The molecule has 1 aromatic rings. The van der Waals surface area contributed by atoms with E-state index in [0.717, 1.165) is 23.7 Å². The molecule has 0 radical (unpaired) electrons. The minimum atomic E-state index is 0.168. The van der Waals surface area contributed by atoms with Gasteiger partial charge in [-0.2, -0.15) is 5.10 Å². The standard InChI is InChI=1S/C10H19N3O/c1-7(6-11-4)14-10-8(2)12-13(5)9(10)3/h7,11H,6H2,1-5H3. The quantitative estimate of drug-likeness (QED) is 0.783. The van der Waals surface area contributed by atoms with Gasteiger partial charge in [-0.15, -0.1) is 0 Å². The lowest BCUT2D eigenvalue weighted by atomic mass is 10.3. The zero-order valence-electron chi connectivity index (χ0n) is 9.59. The summed E-state index contributed by atoms with van der Waals surface area (Å²) in [5.41, 5.74) is 2.03. The lowest BCUT2D eigenvalue weighted by molar-refractivity contribution is 0.217. The third kappa shape index (κ3) is 2.26. The highest BCUT2D eigenvalue weighted by Gasteiger charge is 2.13. The Hall–Kier alpha value is -1.03. The fourth-order valence-corrected chi connectivity index (χ4v) is 1.46. The molecule has 0 aliphatic heterocycles. The monoisotopic (exact) mass is 197 g/mol. The molecule has 0 fully saturated rings. The van der Waals surface area contributed by atoms with E-state index in [-0.39, 0.29) is 6.10 Å². The topological polar surface area (TPSA) is 39.1 Å². The minimum Gasteiger partial charge on any atom is -0.486 e. The summed E-state index contributed by atoms with van der Waals surface area (Å²) >= 11 is 0. The first-order chi connectivity index (χ1) is 6.56. The van der Waals surface area contributed by atoms with Crippen LogP contribution in [-0.4, -0.2) is 29.5 Å². The lowest BCUT2D eigenvalue weighted by Crippen LogP contribution is -2.26. The maximum Gasteiger partial charge on any atom is 0.163 e. The van der Waals surface area contributed by atoms with Crippen LogP contribution in [0.1, 0.15) is 18.3 Å². The minimum absolute atomic E-state index is 0.168. The van der Waals surface area contributed by atoms with Crippen molar-refractivity contribution in [1.82, 2.24) is 15.1 Å². The molecule has 4 nitrogen and oxygen atoms in total. The van der Waals surface area contributed by atoms with Gasteiger partial charge in [-0.3, -0.25) is 4.68 Å². The van der Waals surface area contributed by atoms with E-state index in [4.69, 9.17) is 4.74 Å². The molecule has 1 N–H and O–H groups in total. The van der Waals surface area contributed by atoms with Crippen molar-refractivity contribution in [3.63, 3.8) is 0 Å². The summed E-state index contributed by atoms with van der Waals surface area (Å²) < 4.78 is 7.64. The van der Waals surface area contributed by atoms with Gasteiger partial charge in [-0.25, -0.2) is 0 Å². The highest BCUT2D eigenvalue weighted by molar-refractivity contribution is 5.31. The fourth-order valence-electron chi connectivity index (χ4n) is 1.46. The summed E-state index contributed by atoms with van der Waals surface area (Å²) in [6, 6.07) is 0. The Morgan fingerprint density at radius 1 is 1.50 bits per heavy atom. The van der Waals surface area contributed by atoms with Gasteiger partial charge in [0.25, 0.3) is 0 Å². The lowest BCUT2D eigenvalue weighted by Gasteiger charge is -2.14. The first-order valence-corrected chi connectivity index (χ1v) is 4.87. The van der Waals surface area contributed by atoms with Crippen LogP contribution in [0.4, 0.5) is 0 Å². The molecule has 0 amide bonds. The third-order valence-electron chi connectivity index (χ3n) is 2.25. The van der Waals surface area contributed by atoms with Gasteiger partial charge in [0, 0.05) is 13.6 Å². The molecule has 0 saturated heterocycles. The highest BCUT2D eigenvalue weighted by atomic mass is 16.5. The van der Waals surface area contributed by atoms with Crippen LogP contribution >= 0.6 is 0 Å². The first-order valence-electron chi connectivity index (χ1n) is 4.87. The summed E-state index contributed by atoms with van der Waals surface area (Å²) in [5, 5.41) is 7.38. The van der Waals surface area contributed by atoms with Gasteiger partial charge in [0.2, 0.25) is 0 Å². The average Bonchev–Trinajstić information content (AvgIpc) is 2.33. The molecule has 0 aliphatic carbocycles. The van der Waals surface area contributed by atoms with Crippen molar-refractivity contribution in [2.24, 2.45) is 7.05 Å². The van der Waals surface area contributed by atoms with Gasteiger partial charge in [0.15, 0.2) is 5.75 Å². The first kappa shape index (κ1) is 11.0. The number of rotatable bonds is 4. The van der Waals surface area contributed by atoms with Crippen LogP contribution in [0, 0.1) is 13.8 Å². The molecule has 0 spiro atoms. The molecule has 0 aromatic carbocycles. The molecule has 1 aromatic heterocycles. The van der Waals surface area contributed by atoms with E-state index < -0.39 is 0 Å². The van der Waals surface area contributed by atoms with Crippen molar-refractivity contribution in [2.75, 3.05) is 13.6 Å². The number of aryl methyl sites for hydroxylation is 2. The second-order valence-electron chi connectivity index (χ2n) is 3.61. The van der Waals surface area contributed by atoms with Gasteiger partial charge in [0.05, 0.1) is 5.69 Å². The summed E-state index contributed by atoms with van der Waals surface area (Å²) in [7, 11) is 3.85. The van der Waals surface area contributed by atoms with Crippen molar-refractivity contribution in [3.05, 3.63) is 11.4 Å². The van der Waals surface area contributed by atoms with Crippen molar-refractivity contribution >= 4 is 0 Å². The molecular weight excluding hydrogens is 178 g/mol. The second kappa shape index (κ2) is 4.46. The van der Waals surface area contributed by atoms with Crippen LogP contribution in [0.5, 0.6) is 5.75 Å². The van der Waals surface area contributed by atoms with Crippen molar-refractivity contribution in [1.29, 1.82) is 0 Å². The Labute approximate surface area is 85.3 Å². The zero-order valence-corrected chi connectivity index (χ0v) is 9.59. The smallest absolute Gasteiger partial charge is 0.163 e. The molecule has 1 heterocycles. The SMILES string of the molecule is CNCC(C)Oc1c(C)nn(C)c1C. The number of hydrogen-bond acceptors (Lipinski definition) is 3. The molecule has 1 atom stereocenters. The molecule has 80 valence electrons. The van der Waals surface area contributed by atoms with E-state index in [2.05, 4.69) is 10.4 Å². The molecule has 0 aliphatic rings. The Kier molecular flexibility index (Phi) is 3.52. The van der Waals surface area contributed by atoms with Crippen LogP contribution in [0.3, 0.4) is 0 Å². The van der Waals surface area contributed by atoms with E-state index in [1.165, 1.54) is 0 Å². The fraction of sp³-hybridized carbons (Fsp3) is 0.700. The maximum atomic E-state index is 5.79. The number of aromatic nitrogens is 2. The van der Waals surface area contributed by atoms with Crippen LogP contribution < -0.4 is 10.1 Å². The Bertz CT molecular complexity index is 307. The number of ether oxygens (including phenoxy) is 1. The molecule has 0 saturated carbocycles. The van der Waals surface area contributed by atoms with Gasteiger partial charge >= 0.3 is 0 Å². The predicted octanol–water partition coefficient (Wildman–Crippen LogP) is 1.02. The normalized spacial score (nSPS) is 12.9. The van der Waals surface area contributed by atoms with Crippen LogP contribution in [0.25, 0.3) is 0 Å². The average molecular weight is 197 g/mol. The van der Waals surface area contributed by atoms with Gasteiger partial charge < -0.3 is 10.1 Å². The Balaban J connectivity index is 2.75. The molecule has 0 bridgehead atoms. The summed E-state index contributed by atoms with van der Waals surface area (Å²) in [4.78, 5) is 0. The summed E-state index contributed by atoms with van der Waals surface area (Å²) in [6.45, 7) is 6.87. The van der Waals surface area contributed by atoms with Crippen molar-refractivity contribution in [2.45, 2.75) is 26.9 Å². The number of hydrogen-bond donors (Lipinski definition) is 1. The van der Waals surface area contributed by atoms with E-state index >= 15 is 0 Å². The highest BCUT2D eigenvalue weighted by Crippen LogP contribution is 2.22. The predicted molar refractivity (Wildman–Crippen MR) is 56.7 cm³/mol. The Morgan fingerprint density at radius 3 is 2.57 bits per heavy atom. The molecule has 1 rings (SSSR count). The van der Waals surface area contributed by atoms with Crippen molar-refractivity contribution in [3.8, 4) is 5.75 Å². The van der Waals surface area contributed by atoms with E-state index in [1.807, 2.05) is 39.5 Å². The van der Waals surface area contributed by atoms with Crippen LogP contribution in [-0.2, 0) is 7.05 Å². The van der Waals surface area contributed by atoms with Crippen LogP contribution in [0.2, 0.25) is 0 Å². The molecule has 4 heteroatoms. The second-order valence-corrected chi connectivity index (χ2v) is 3.61. The van der Waals surface area contributed by atoms with E-state index in [0.29, 0.717) is 0 Å². The maximum absolute atomic E-state index is 5.79. The molecule has 14 heavy (non-hydrogen) atoms. The zero-order chi connectivity index (χ0) is 10.7. The van der Waals surface area contributed by atoms with Gasteiger partial charge in [-0.05, 0) is 27.8 Å². The summed E-state index contributed by atoms with van der Waals surface area (Å²) in [5.74, 6) is 0.912. The van der Waals surface area contributed by atoms with Crippen molar-refractivity contribution < 1.29 is 4.74 Å². The molecule has 1 unspecified atom stereocenters. The number of nitrogens with one attached hydrogen (secondary N) is 1. The molecular formula is C10H19N3O. The van der Waals surface area contributed by atoms with E-state index in [9.17, 15) is 0 Å². The van der Waals surface area contributed by atoms with Gasteiger partial charge in [-0.1, -0.05) is 0 Å². The number of likely N-dealkylation sites (N-methyl/N-ethyl adjacent to an activating group) is 1. The Morgan fingerprint density at radius 2 is 2.14 bits per heavy atom. The number of nitrogens with zero attached hydrogens (tertiary/aromatic N) is 2. The van der Waals surface area contributed by atoms with Gasteiger partial charge in [0.1, 0.15) is 11.8 Å².